The van der Waals surface area contributed by atoms with E-state index < -0.39 is 10.0 Å². The molecule has 0 unspecified atom stereocenters. The molecule has 2 aliphatic heterocycles. The van der Waals surface area contributed by atoms with Crippen molar-refractivity contribution in [3.8, 4) is 5.75 Å². The Labute approximate surface area is 173 Å². The molecule has 1 amide bonds. The molecule has 0 aromatic heterocycles. The Kier molecular flexibility index (Phi) is 8.12. The minimum absolute atomic E-state index is 0. The lowest BCUT2D eigenvalue weighted by molar-refractivity contribution is -0.136. The van der Waals surface area contributed by atoms with Crippen molar-refractivity contribution >= 4 is 28.3 Å². The van der Waals surface area contributed by atoms with E-state index >= 15 is 0 Å². The minimum atomic E-state index is -3.56. The lowest BCUT2D eigenvalue weighted by atomic mass is 9.92. The molecule has 0 radical (unpaired) electrons. The first-order valence-corrected chi connectivity index (χ1v) is 11.0. The summed E-state index contributed by atoms with van der Waals surface area (Å²) in [4.78, 5) is 15.0. The highest BCUT2D eigenvalue weighted by Gasteiger charge is 2.32. The van der Waals surface area contributed by atoms with Crippen molar-refractivity contribution in [2.75, 3.05) is 39.8 Å². The van der Waals surface area contributed by atoms with Gasteiger partial charge in [0.2, 0.25) is 15.9 Å². The number of nitrogens with one attached hydrogen (secondary N) is 1. The highest BCUT2D eigenvalue weighted by Crippen LogP contribution is 2.23. The summed E-state index contributed by atoms with van der Waals surface area (Å²) in [5, 5.41) is 3.37. The molecule has 2 heterocycles. The van der Waals surface area contributed by atoms with E-state index in [1.165, 1.54) is 4.31 Å². The Morgan fingerprint density at radius 3 is 2.50 bits per heavy atom. The lowest BCUT2D eigenvalue weighted by Gasteiger charge is -2.31. The van der Waals surface area contributed by atoms with Crippen molar-refractivity contribution in [1.29, 1.82) is 0 Å². The van der Waals surface area contributed by atoms with Gasteiger partial charge in [-0.3, -0.25) is 4.79 Å². The average Bonchev–Trinajstić information content (AvgIpc) is 2.94. The maximum absolute atomic E-state index is 12.9. The topological polar surface area (TPSA) is 79.0 Å². The molecule has 7 nitrogen and oxygen atoms in total. The van der Waals surface area contributed by atoms with Gasteiger partial charge in [0.25, 0.3) is 0 Å². The van der Waals surface area contributed by atoms with E-state index in [0.29, 0.717) is 44.4 Å². The first-order chi connectivity index (χ1) is 12.9. The van der Waals surface area contributed by atoms with Crippen LogP contribution in [0.3, 0.4) is 0 Å². The summed E-state index contributed by atoms with van der Waals surface area (Å²) in [7, 11) is -2.01. The zero-order valence-electron chi connectivity index (χ0n) is 16.5. The van der Waals surface area contributed by atoms with Gasteiger partial charge in [-0.2, -0.15) is 4.31 Å². The number of carbonyl (C=O) groups is 1. The van der Waals surface area contributed by atoms with Crippen LogP contribution in [0.1, 0.15) is 26.2 Å². The van der Waals surface area contributed by atoms with Crippen LogP contribution in [0.5, 0.6) is 5.75 Å². The highest BCUT2D eigenvalue weighted by molar-refractivity contribution is 7.89. The van der Waals surface area contributed by atoms with E-state index in [9.17, 15) is 13.2 Å². The van der Waals surface area contributed by atoms with Crippen LogP contribution in [0.15, 0.2) is 29.2 Å². The number of amides is 1. The van der Waals surface area contributed by atoms with E-state index in [4.69, 9.17) is 4.74 Å². The number of sulfonamides is 1. The second-order valence-corrected chi connectivity index (χ2v) is 9.27. The number of halogens is 1. The molecule has 28 heavy (non-hydrogen) atoms. The molecule has 2 atom stereocenters. The fourth-order valence-corrected chi connectivity index (χ4v) is 5.34. The van der Waals surface area contributed by atoms with E-state index in [1.807, 2.05) is 4.90 Å². The second-order valence-electron chi connectivity index (χ2n) is 7.33. The van der Waals surface area contributed by atoms with E-state index in [-0.39, 0.29) is 29.1 Å². The Hall–Kier alpha value is -1.35. The Bertz CT molecular complexity index is 757. The second kappa shape index (κ2) is 9.91. The van der Waals surface area contributed by atoms with Gasteiger partial charge in [-0.25, -0.2) is 8.42 Å². The maximum Gasteiger partial charge on any atom is 0.243 e. The molecule has 2 aliphatic rings. The lowest BCUT2D eigenvalue weighted by Crippen LogP contribution is -2.45. The summed E-state index contributed by atoms with van der Waals surface area (Å²) in [5.41, 5.74) is 0. The number of carbonyl (C=O) groups excluding carboxylic acids is 1. The molecule has 1 aromatic carbocycles. The van der Waals surface area contributed by atoms with E-state index in [0.717, 1.165) is 19.4 Å². The van der Waals surface area contributed by atoms with Crippen molar-refractivity contribution in [2.24, 2.45) is 5.92 Å². The number of hydrogen-bond donors (Lipinski definition) is 1. The van der Waals surface area contributed by atoms with Crippen molar-refractivity contribution in [2.45, 2.75) is 37.1 Å². The molecule has 1 N–H and O–H groups in total. The standard InChI is InChI=1S/C19H29N3O4S.ClH/c1-15-14-16(8-9-20-15)19(23)21-10-3-11-22(13-12-21)27(24,25)18-6-4-17(26-2)5-7-18;/h4-7,15-16,20H,3,8-14H2,1-2H3;1H/t15-,16-;/m0./s1. The molecule has 2 saturated heterocycles. The van der Waals surface area contributed by atoms with Crippen LogP contribution in [0, 0.1) is 5.92 Å². The first-order valence-electron chi connectivity index (χ1n) is 9.58. The number of methoxy groups -OCH3 is 1. The van der Waals surface area contributed by atoms with Gasteiger partial charge >= 0.3 is 0 Å². The summed E-state index contributed by atoms with van der Waals surface area (Å²) < 4.78 is 32.5. The predicted octanol–water partition coefficient (Wildman–Crippen LogP) is 1.73. The van der Waals surface area contributed by atoms with Gasteiger partial charge < -0.3 is 15.0 Å². The van der Waals surface area contributed by atoms with Gasteiger partial charge in [0.15, 0.2) is 0 Å². The monoisotopic (exact) mass is 431 g/mol. The molecule has 9 heteroatoms. The molecule has 0 aliphatic carbocycles. The van der Waals surface area contributed by atoms with E-state index in [2.05, 4.69) is 12.2 Å². The third-order valence-corrected chi connectivity index (χ3v) is 7.35. The SMILES string of the molecule is COc1ccc(S(=O)(=O)N2CCCN(C(=O)[C@H]3CCN[C@@H](C)C3)CC2)cc1.Cl. The van der Waals surface area contributed by atoms with Crippen LogP contribution in [0.2, 0.25) is 0 Å². The third-order valence-electron chi connectivity index (χ3n) is 5.44. The van der Waals surface area contributed by atoms with Crippen molar-refractivity contribution in [3.05, 3.63) is 24.3 Å². The van der Waals surface area contributed by atoms with Crippen LogP contribution in [0.4, 0.5) is 0 Å². The van der Waals surface area contributed by atoms with Crippen LogP contribution >= 0.6 is 12.4 Å². The zero-order chi connectivity index (χ0) is 19.4. The van der Waals surface area contributed by atoms with Crippen LogP contribution in [-0.4, -0.2) is 69.4 Å². The number of benzene rings is 1. The third kappa shape index (κ3) is 5.17. The van der Waals surface area contributed by atoms with Crippen LogP contribution in [-0.2, 0) is 14.8 Å². The normalized spacial score (nSPS) is 24.1. The number of ether oxygens (including phenoxy) is 1. The van der Waals surface area contributed by atoms with Crippen LogP contribution < -0.4 is 10.1 Å². The largest absolute Gasteiger partial charge is 0.497 e. The highest BCUT2D eigenvalue weighted by atomic mass is 35.5. The van der Waals surface area contributed by atoms with Crippen molar-refractivity contribution < 1.29 is 17.9 Å². The van der Waals surface area contributed by atoms with E-state index in [1.54, 1.807) is 31.4 Å². The van der Waals surface area contributed by atoms with Crippen LogP contribution in [0.25, 0.3) is 0 Å². The van der Waals surface area contributed by atoms with Crippen molar-refractivity contribution in [1.82, 2.24) is 14.5 Å². The van der Waals surface area contributed by atoms with Gasteiger partial charge in [-0.15, -0.1) is 12.4 Å². The predicted molar refractivity (Wildman–Crippen MR) is 110 cm³/mol. The van der Waals surface area contributed by atoms with Gasteiger partial charge in [0.05, 0.1) is 12.0 Å². The summed E-state index contributed by atoms with van der Waals surface area (Å²) in [6.07, 6.45) is 2.36. The number of rotatable bonds is 4. The summed E-state index contributed by atoms with van der Waals surface area (Å²) in [6, 6.07) is 6.79. The molecule has 0 bridgehead atoms. The molecular formula is C19H30ClN3O4S. The Morgan fingerprint density at radius 2 is 1.86 bits per heavy atom. The first kappa shape index (κ1) is 22.9. The molecule has 3 rings (SSSR count). The van der Waals surface area contributed by atoms with Gasteiger partial charge in [0.1, 0.15) is 5.75 Å². The molecule has 0 saturated carbocycles. The number of piperidine rings is 1. The quantitative estimate of drug-likeness (QED) is 0.785. The Morgan fingerprint density at radius 1 is 1.14 bits per heavy atom. The maximum atomic E-state index is 12.9. The molecule has 1 aromatic rings. The molecular weight excluding hydrogens is 402 g/mol. The fourth-order valence-electron chi connectivity index (χ4n) is 3.87. The summed E-state index contributed by atoms with van der Waals surface area (Å²) in [6.45, 7) is 4.80. The molecule has 0 spiro atoms. The van der Waals surface area contributed by atoms with Crippen molar-refractivity contribution in [3.63, 3.8) is 0 Å². The Balaban J connectivity index is 0.00000280. The average molecular weight is 432 g/mol. The molecule has 158 valence electrons. The number of hydrogen-bond acceptors (Lipinski definition) is 5. The number of nitrogens with zero attached hydrogens (tertiary/aromatic N) is 2. The smallest absolute Gasteiger partial charge is 0.243 e. The minimum Gasteiger partial charge on any atom is -0.497 e. The molecule has 2 fully saturated rings. The summed E-state index contributed by atoms with van der Waals surface area (Å²) >= 11 is 0. The zero-order valence-corrected chi connectivity index (χ0v) is 18.1. The van der Waals surface area contributed by atoms with Gasteiger partial charge in [-0.1, -0.05) is 0 Å². The summed E-state index contributed by atoms with van der Waals surface area (Å²) in [5.74, 6) is 0.843. The van der Waals surface area contributed by atoms with Gasteiger partial charge in [-0.05, 0) is 57.0 Å². The fraction of sp³-hybridized carbons (Fsp3) is 0.632. The van der Waals surface area contributed by atoms with Gasteiger partial charge in [0, 0.05) is 38.1 Å².